The van der Waals surface area contributed by atoms with E-state index in [4.69, 9.17) is 0 Å². The first-order chi connectivity index (χ1) is 10.5. The second-order valence-corrected chi connectivity index (χ2v) is 6.15. The quantitative estimate of drug-likeness (QED) is 0.317. The van der Waals surface area contributed by atoms with Gasteiger partial charge in [-0.15, -0.1) is 29.7 Å². The zero-order valence-electron chi connectivity index (χ0n) is 13.7. The topological polar surface area (TPSA) is 31.9 Å². The Morgan fingerprint density at radius 3 is 2.48 bits per heavy atom. The van der Waals surface area contributed by atoms with Crippen molar-refractivity contribution in [3.8, 4) is 5.75 Å². The van der Waals surface area contributed by atoms with Crippen LogP contribution in [0.2, 0.25) is 0 Å². The van der Waals surface area contributed by atoms with E-state index in [0.29, 0.717) is 0 Å². The molecule has 0 bridgehead atoms. The lowest BCUT2D eigenvalue weighted by Gasteiger charge is -2.09. The van der Waals surface area contributed by atoms with Crippen molar-refractivity contribution >= 4 is 56.6 Å². The van der Waals surface area contributed by atoms with Crippen LogP contribution in [-0.2, 0) is 14.1 Å². The Hall–Kier alpha value is -1.82. The third-order valence-corrected chi connectivity index (χ3v) is 4.81. The van der Waals surface area contributed by atoms with Gasteiger partial charge in [-0.1, -0.05) is 12.1 Å². The minimum atomic E-state index is 0. The first-order valence-corrected chi connectivity index (χ1v) is 7.46. The summed E-state index contributed by atoms with van der Waals surface area (Å²) in [7, 11) is 4.12. The molecule has 0 N–H and O–H groups in total. The van der Waals surface area contributed by atoms with Crippen LogP contribution in [0.1, 0.15) is 11.1 Å². The lowest BCUT2D eigenvalue weighted by molar-refractivity contribution is -0.670. The molecule has 0 aliphatic heterocycles. The van der Waals surface area contributed by atoms with E-state index < -0.39 is 0 Å². The van der Waals surface area contributed by atoms with Gasteiger partial charge in [0.25, 0.3) is 0 Å². The number of aromatic nitrogens is 2. The van der Waals surface area contributed by atoms with Gasteiger partial charge in [-0.2, -0.15) is 0 Å². The van der Waals surface area contributed by atoms with Crippen molar-refractivity contribution in [1.29, 1.82) is 0 Å². The monoisotopic (exact) mass is 418 g/mol. The molecule has 2 aromatic carbocycles. The number of pyridine rings is 1. The standard InChI is InChI=1S/C19H18N2O.HI/c1-11-16-10-20(3)8-7-14(16)12(2)19-18(11)15-9-13(22)5-6-17(15)21(19)4;/h5-10H,1-4H3;1H. The Bertz CT molecular complexity index is 1080. The predicted octanol–water partition coefficient (Wildman–Crippen LogP) is 3.62. The van der Waals surface area contributed by atoms with Crippen LogP contribution < -0.4 is 9.67 Å². The average molecular weight is 418 g/mol. The molecule has 0 amide bonds. The van der Waals surface area contributed by atoms with Crippen LogP contribution in [0.3, 0.4) is 0 Å². The summed E-state index contributed by atoms with van der Waals surface area (Å²) in [6.07, 6.45) is 4.25. The smallest absolute Gasteiger partial charge is 0.176 e. The fourth-order valence-corrected chi connectivity index (χ4v) is 3.73. The van der Waals surface area contributed by atoms with E-state index in [0.717, 1.165) is 10.9 Å². The fourth-order valence-electron chi connectivity index (χ4n) is 3.73. The molecule has 2 aromatic heterocycles. The van der Waals surface area contributed by atoms with Crippen molar-refractivity contribution in [2.75, 3.05) is 0 Å². The minimum Gasteiger partial charge on any atom is -0.872 e. The Labute approximate surface area is 152 Å². The number of halogens is 1. The number of benzene rings is 2. The molecule has 2 heterocycles. The predicted molar refractivity (Wildman–Crippen MR) is 103 cm³/mol. The molecule has 0 unspecified atom stereocenters. The summed E-state index contributed by atoms with van der Waals surface area (Å²) >= 11 is 0. The van der Waals surface area contributed by atoms with Crippen molar-refractivity contribution in [3.05, 3.63) is 47.8 Å². The van der Waals surface area contributed by atoms with Crippen molar-refractivity contribution in [2.45, 2.75) is 13.8 Å². The molecule has 118 valence electrons. The molecule has 0 atom stereocenters. The second kappa shape index (κ2) is 5.37. The Morgan fingerprint density at radius 1 is 1.00 bits per heavy atom. The highest BCUT2D eigenvalue weighted by Gasteiger charge is 2.17. The van der Waals surface area contributed by atoms with Gasteiger partial charge < -0.3 is 9.67 Å². The number of aryl methyl sites for hydroxylation is 4. The Balaban J connectivity index is 0.00000156. The summed E-state index contributed by atoms with van der Waals surface area (Å²) in [6.45, 7) is 4.32. The van der Waals surface area contributed by atoms with Gasteiger partial charge in [0, 0.05) is 34.8 Å². The average Bonchev–Trinajstić information content (AvgIpc) is 2.77. The van der Waals surface area contributed by atoms with Gasteiger partial charge in [0.15, 0.2) is 12.4 Å². The number of fused-ring (bicyclic) bond motifs is 4. The zero-order valence-corrected chi connectivity index (χ0v) is 16.0. The van der Waals surface area contributed by atoms with Crippen LogP contribution >= 0.6 is 24.0 Å². The van der Waals surface area contributed by atoms with E-state index in [1.54, 1.807) is 12.1 Å². The molecule has 0 aliphatic carbocycles. The maximum atomic E-state index is 11.8. The van der Waals surface area contributed by atoms with Gasteiger partial charge in [-0.25, -0.2) is 4.57 Å². The van der Waals surface area contributed by atoms with E-state index >= 15 is 0 Å². The van der Waals surface area contributed by atoms with Crippen LogP contribution in [0.4, 0.5) is 0 Å². The molecular formula is C19H19IN2O. The molecule has 0 fully saturated rings. The summed E-state index contributed by atoms with van der Waals surface area (Å²) < 4.78 is 4.28. The molecule has 3 nitrogen and oxygen atoms in total. The van der Waals surface area contributed by atoms with E-state index in [-0.39, 0.29) is 29.7 Å². The number of hydrogen-bond acceptors (Lipinski definition) is 1. The third kappa shape index (κ3) is 2.11. The van der Waals surface area contributed by atoms with Gasteiger partial charge in [-0.3, -0.25) is 0 Å². The highest BCUT2D eigenvalue weighted by Crippen LogP contribution is 2.38. The van der Waals surface area contributed by atoms with E-state index in [2.05, 4.69) is 48.5 Å². The molecule has 0 spiro atoms. The van der Waals surface area contributed by atoms with E-state index in [1.165, 1.54) is 32.8 Å². The van der Waals surface area contributed by atoms with Gasteiger partial charge in [0.05, 0.1) is 5.52 Å². The van der Waals surface area contributed by atoms with Crippen LogP contribution in [0.15, 0.2) is 36.7 Å². The number of nitrogens with zero attached hydrogens (tertiary/aromatic N) is 2. The molecule has 0 aliphatic rings. The molecule has 23 heavy (non-hydrogen) atoms. The normalized spacial score (nSPS) is 11.3. The number of rotatable bonds is 0. The SMILES string of the molecule is Cc1c2c[n+](C)ccc2c(C)c2c1c1cc([O-])ccc1n2C.I. The summed E-state index contributed by atoms with van der Waals surface area (Å²) in [5.74, 6) is 0.0655. The molecule has 0 saturated carbocycles. The minimum absolute atomic E-state index is 0. The number of hydrogen-bond donors (Lipinski definition) is 0. The van der Waals surface area contributed by atoms with Gasteiger partial charge in [0.1, 0.15) is 7.05 Å². The van der Waals surface area contributed by atoms with Gasteiger partial charge in [-0.05, 0) is 36.4 Å². The highest BCUT2D eigenvalue weighted by atomic mass is 127. The first-order valence-electron chi connectivity index (χ1n) is 7.46. The van der Waals surface area contributed by atoms with Crippen LogP contribution in [-0.4, -0.2) is 4.57 Å². The summed E-state index contributed by atoms with van der Waals surface area (Å²) in [5, 5.41) is 16.6. The van der Waals surface area contributed by atoms with E-state index in [9.17, 15) is 5.11 Å². The molecule has 4 aromatic rings. The maximum absolute atomic E-state index is 11.8. The molecule has 0 saturated heterocycles. The lowest BCUT2D eigenvalue weighted by atomic mass is 9.97. The fraction of sp³-hybridized carbons (Fsp3) is 0.211. The molecule has 4 rings (SSSR count). The largest absolute Gasteiger partial charge is 0.872 e. The van der Waals surface area contributed by atoms with E-state index in [1.807, 2.05) is 13.1 Å². The maximum Gasteiger partial charge on any atom is 0.176 e. The molecule has 4 heteroatoms. The Kier molecular flexibility index (Phi) is 3.75. The van der Waals surface area contributed by atoms with Gasteiger partial charge in [0.2, 0.25) is 0 Å². The van der Waals surface area contributed by atoms with Crippen molar-refractivity contribution in [1.82, 2.24) is 4.57 Å². The zero-order chi connectivity index (χ0) is 15.6. The summed E-state index contributed by atoms with van der Waals surface area (Å²) in [6, 6.07) is 7.51. The van der Waals surface area contributed by atoms with Crippen molar-refractivity contribution in [2.24, 2.45) is 14.1 Å². The summed E-state index contributed by atoms with van der Waals surface area (Å²) in [4.78, 5) is 0. The third-order valence-electron chi connectivity index (χ3n) is 4.81. The Morgan fingerprint density at radius 2 is 1.74 bits per heavy atom. The lowest BCUT2D eigenvalue weighted by Crippen LogP contribution is -2.26. The highest BCUT2D eigenvalue weighted by molar-refractivity contribution is 14.0. The molecule has 0 radical (unpaired) electrons. The summed E-state index contributed by atoms with van der Waals surface area (Å²) in [5.41, 5.74) is 4.84. The second-order valence-electron chi connectivity index (χ2n) is 6.15. The van der Waals surface area contributed by atoms with Gasteiger partial charge >= 0.3 is 0 Å². The van der Waals surface area contributed by atoms with Crippen LogP contribution in [0.5, 0.6) is 5.75 Å². The first kappa shape index (κ1) is 16.1. The van der Waals surface area contributed by atoms with Crippen molar-refractivity contribution in [3.63, 3.8) is 0 Å². The van der Waals surface area contributed by atoms with Crippen LogP contribution in [0.25, 0.3) is 32.6 Å². The van der Waals surface area contributed by atoms with Crippen molar-refractivity contribution < 1.29 is 9.67 Å². The van der Waals surface area contributed by atoms with Crippen LogP contribution in [0, 0.1) is 13.8 Å². The molecular weight excluding hydrogens is 399 g/mol.